The van der Waals surface area contributed by atoms with Crippen LogP contribution in [0.4, 0.5) is 0 Å². The molecular weight excluding hydrogens is 266 g/mol. The number of thioether (sulfide) groups is 1. The molecule has 1 N–H and O–H groups in total. The molecule has 0 spiro atoms. The summed E-state index contributed by atoms with van der Waals surface area (Å²) in [5, 5.41) is 8.82. The lowest BCUT2D eigenvalue weighted by Crippen LogP contribution is -2.29. The average molecular weight is 283 g/mol. The van der Waals surface area contributed by atoms with E-state index >= 15 is 0 Å². The first-order valence-corrected chi connectivity index (χ1v) is 7.41. The minimum atomic E-state index is -1.06. The van der Waals surface area contributed by atoms with Crippen molar-refractivity contribution in [1.29, 1.82) is 0 Å². The third-order valence-corrected chi connectivity index (χ3v) is 4.14. The Morgan fingerprint density at radius 3 is 2.68 bits per heavy atom. The highest BCUT2D eigenvalue weighted by Crippen LogP contribution is 2.21. The van der Waals surface area contributed by atoms with Crippen LogP contribution in [0.1, 0.15) is 34.7 Å². The van der Waals surface area contributed by atoms with Crippen LogP contribution in [0, 0.1) is 6.92 Å². The van der Waals surface area contributed by atoms with Crippen molar-refractivity contribution in [2.75, 3.05) is 18.8 Å². The van der Waals surface area contributed by atoms with Crippen LogP contribution in [0.25, 0.3) is 0 Å². The van der Waals surface area contributed by atoms with Crippen LogP contribution < -0.4 is 0 Å². The van der Waals surface area contributed by atoms with Gasteiger partial charge in [-0.15, -0.1) is 11.8 Å². The Bertz CT molecular complexity index is 477. The van der Waals surface area contributed by atoms with Gasteiger partial charge >= 0.3 is 5.97 Å². The van der Waals surface area contributed by atoms with E-state index < -0.39 is 5.97 Å². The van der Waals surface area contributed by atoms with Crippen molar-refractivity contribution in [2.24, 2.45) is 0 Å². The zero-order valence-electron chi connectivity index (χ0n) is 10.8. The number of carboxylic acid groups (broad SMARTS) is 1. The van der Waals surface area contributed by atoms with Gasteiger partial charge in [-0.3, -0.25) is 4.79 Å². The van der Waals surface area contributed by atoms with E-state index in [1.165, 1.54) is 17.8 Å². The number of rotatable bonds is 5. The molecule has 0 saturated carbocycles. The smallest absolute Gasteiger partial charge is 0.371 e. The van der Waals surface area contributed by atoms with Gasteiger partial charge in [0, 0.05) is 24.4 Å². The molecular formula is C13H17NO4S. The molecule has 0 aliphatic carbocycles. The highest BCUT2D eigenvalue weighted by Gasteiger charge is 2.18. The largest absolute Gasteiger partial charge is 0.475 e. The molecule has 1 aromatic heterocycles. The second-order valence-corrected chi connectivity index (χ2v) is 5.56. The van der Waals surface area contributed by atoms with Crippen molar-refractivity contribution in [1.82, 2.24) is 4.90 Å². The highest BCUT2D eigenvalue weighted by molar-refractivity contribution is 7.99. The molecule has 5 nitrogen and oxygen atoms in total. The van der Waals surface area contributed by atoms with E-state index in [0.717, 1.165) is 31.5 Å². The van der Waals surface area contributed by atoms with Gasteiger partial charge in [0.1, 0.15) is 5.76 Å². The molecule has 0 bridgehead atoms. The fourth-order valence-electron chi connectivity index (χ4n) is 2.07. The lowest BCUT2D eigenvalue weighted by Gasteiger charge is -2.14. The number of carbonyl (C=O) groups excluding carboxylic acids is 1. The summed E-state index contributed by atoms with van der Waals surface area (Å²) in [6.45, 7) is 3.48. The van der Waals surface area contributed by atoms with Crippen LogP contribution in [0.15, 0.2) is 10.5 Å². The van der Waals surface area contributed by atoms with Crippen LogP contribution in [-0.4, -0.2) is 40.7 Å². The van der Waals surface area contributed by atoms with Crippen LogP contribution in [0.3, 0.4) is 0 Å². The Morgan fingerprint density at radius 2 is 2.11 bits per heavy atom. The average Bonchev–Trinajstić information content (AvgIpc) is 2.99. The second-order valence-electron chi connectivity index (χ2n) is 4.58. The zero-order chi connectivity index (χ0) is 13.8. The molecule has 0 radical (unpaired) electrons. The van der Waals surface area contributed by atoms with Crippen molar-refractivity contribution in [3.63, 3.8) is 0 Å². The first-order valence-electron chi connectivity index (χ1n) is 6.26. The summed E-state index contributed by atoms with van der Waals surface area (Å²) in [6, 6.07) is 1.53. The molecule has 0 atom stereocenters. The second kappa shape index (κ2) is 6.14. The lowest BCUT2D eigenvalue weighted by atomic mass is 10.3. The number of aryl methyl sites for hydroxylation is 1. The molecule has 19 heavy (non-hydrogen) atoms. The topological polar surface area (TPSA) is 70.7 Å². The normalized spacial score (nSPS) is 14.9. The molecule has 104 valence electrons. The number of furan rings is 1. The Labute approximate surface area is 116 Å². The maximum absolute atomic E-state index is 11.8. The van der Waals surface area contributed by atoms with Gasteiger partial charge in [0.05, 0.1) is 5.75 Å². The summed E-state index contributed by atoms with van der Waals surface area (Å²) < 4.78 is 5.13. The van der Waals surface area contributed by atoms with Crippen LogP contribution in [0.5, 0.6) is 0 Å². The van der Waals surface area contributed by atoms with Crippen molar-refractivity contribution >= 4 is 23.6 Å². The van der Waals surface area contributed by atoms with E-state index in [9.17, 15) is 9.59 Å². The molecule has 2 rings (SSSR count). The van der Waals surface area contributed by atoms with Crippen molar-refractivity contribution in [3.05, 3.63) is 23.2 Å². The third-order valence-electron chi connectivity index (χ3n) is 3.17. The Hall–Kier alpha value is -1.43. The monoisotopic (exact) mass is 283 g/mol. The molecule has 1 amide bonds. The number of hydrogen-bond acceptors (Lipinski definition) is 4. The minimum absolute atomic E-state index is 0.0426. The first-order chi connectivity index (χ1) is 9.08. The van der Waals surface area contributed by atoms with Crippen LogP contribution >= 0.6 is 11.8 Å². The Morgan fingerprint density at radius 1 is 1.42 bits per heavy atom. The molecule has 1 saturated heterocycles. The molecule has 1 fully saturated rings. The summed E-state index contributed by atoms with van der Waals surface area (Å²) in [5.41, 5.74) is 0.844. The van der Waals surface area contributed by atoms with Gasteiger partial charge in [-0.1, -0.05) is 0 Å². The number of likely N-dealkylation sites (tertiary alicyclic amines) is 1. The fourth-order valence-corrected chi connectivity index (χ4v) is 3.04. The molecule has 6 heteroatoms. The van der Waals surface area contributed by atoms with Crippen LogP contribution in [-0.2, 0) is 10.5 Å². The molecule has 2 heterocycles. The van der Waals surface area contributed by atoms with Crippen molar-refractivity contribution in [2.45, 2.75) is 25.5 Å². The summed E-state index contributed by atoms with van der Waals surface area (Å²) >= 11 is 1.50. The number of nitrogens with zero attached hydrogens (tertiary/aromatic N) is 1. The van der Waals surface area contributed by atoms with E-state index in [0.29, 0.717) is 17.3 Å². The van der Waals surface area contributed by atoms with Gasteiger partial charge in [-0.2, -0.15) is 0 Å². The summed E-state index contributed by atoms with van der Waals surface area (Å²) in [6.07, 6.45) is 2.19. The number of amides is 1. The van der Waals surface area contributed by atoms with Gasteiger partial charge in [0.2, 0.25) is 11.7 Å². The van der Waals surface area contributed by atoms with Gasteiger partial charge < -0.3 is 14.4 Å². The van der Waals surface area contributed by atoms with Gasteiger partial charge in [0.25, 0.3) is 0 Å². The maximum atomic E-state index is 11.8. The molecule has 1 aliphatic rings. The van der Waals surface area contributed by atoms with Crippen LogP contribution in [0.2, 0.25) is 0 Å². The zero-order valence-corrected chi connectivity index (χ0v) is 11.7. The van der Waals surface area contributed by atoms with E-state index in [1.807, 2.05) is 4.90 Å². The molecule has 0 aromatic carbocycles. The first kappa shape index (κ1) is 14.0. The Kier molecular flexibility index (Phi) is 4.52. The predicted octanol–water partition coefficient (Wildman–Crippen LogP) is 2.14. The summed E-state index contributed by atoms with van der Waals surface area (Å²) in [4.78, 5) is 24.5. The number of carboxylic acids is 1. The fraction of sp³-hybridized carbons (Fsp3) is 0.538. The van der Waals surface area contributed by atoms with Crippen molar-refractivity contribution in [3.8, 4) is 0 Å². The standard InChI is InChI=1S/C13H17NO4S/c1-9-10(6-11(18-9)13(16)17)7-19-8-12(15)14-4-2-3-5-14/h6H,2-5,7-8H2,1H3,(H,16,17). The lowest BCUT2D eigenvalue weighted by molar-refractivity contribution is -0.127. The van der Waals surface area contributed by atoms with Crippen molar-refractivity contribution < 1.29 is 19.1 Å². The maximum Gasteiger partial charge on any atom is 0.371 e. The number of carbonyl (C=O) groups is 2. The van der Waals surface area contributed by atoms with Gasteiger partial charge in [-0.05, 0) is 25.8 Å². The van der Waals surface area contributed by atoms with Gasteiger partial charge in [-0.25, -0.2) is 4.79 Å². The highest BCUT2D eigenvalue weighted by atomic mass is 32.2. The molecule has 1 aromatic rings. The predicted molar refractivity (Wildman–Crippen MR) is 72.4 cm³/mol. The SMILES string of the molecule is Cc1oc(C(=O)O)cc1CSCC(=O)N1CCCC1. The van der Waals surface area contributed by atoms with E-state index in [1.54, 1.807) is 6.92 Å². The summed E-state index contributed by atoms with van der Waals surface area (Å²) in [7, 11) is 0. The quantitative estimate of drug-likeness (QED) is 0.896. The van der Waals surface area contributed by atoms with E-state index in [-0.39, 0.29) is 11.7 Å². The van der Waals surface area contributed by atoms with E-state index in [2.05, 4.69) is 0 Å². The van der Waals surface area contributed by atoms with E-state index in [4.69, 9.17) is 9.52 Å². The Balaban J connectivity index is 1.82. The third kappa shape index (κ3) is 3.53. The minimum Gasteiger partial charge on any atom is -0.475 e. The molecule has 0 unspecified atom stereocenters. The number of aromatic carboxylic acids is 1. The summed E-state index contributed by atoms with van der Waals surface area (Å²) in [5.74, 6) is 0.710. The molecule has 1 aliphatic heterocycles. The number of hydrogen-bond donors (Lipinski definition) is 1. The van der Waals surface area contributed by atoms with Gasteiger partial charge in [0.15, 0.2) is 0 Å².